The second-order valence-electron chi connectivity index (χ2n) is 6.64. The van der Waals surface area contributed by atoms with Crippen LogP contribution in [0.3, 0.4) is 0 Å². The Bertz CT molecular complexity index is 821. The van der Waals surface area contributed by atoms with Crippen LogP contribution in [-0.2, 0) is 6.42 Å². The molecule has 1 saturated carbocycles. The van der Waals surface area contributed by atoms with Crippen LogP contribution in [0, 0.1) is 0 Å². The molecule has 0 aliphatic heterocycles. The number of carbonyl (C=O) groups is 1. The van der Waals surface area contributed by atoms with E-state index in [2.05, 4.69) is 4.98 Å². The molecular formula is C21H21NO3. The number of hydrogen-bond donors (Lipinski definition) is 0. The highest BCUT2D eigenvalue weighted by Gasteiger charge is 2.28. The number of nitrogens with zero attached hydrogens (tertiary/aromatic N) is 1. The van der Waals surface area contributed by atoms with Gasteiger partial charge in [0.25, 0.3) is 0 Å². The molecule has 2 aliphatic carbocycles. The number of carbonyl (C=O) groups excluding carboxylic acids is 1. The van der Waals surface area contributed by atoms with Crippen LogP contribution in [0.5, 0.6) is 11.5 Å². The Morgan fingerprint density at radius 2 is 1.88 bits per heavy atom. The average Bonchev–Trinajstić information content (AvgIpc) is 3.24. The number of allylic oxidation sites excluding steroid dienone is 1. The van der Waals surface area contributed by atoms with E-state index in [1.165, 1.54) is 12.8 Å². The minimum atomic E-state index is 0.0748. The van der Waals surface area contributed by atoms with Crippen molar-refractivity contribution < 1.29 is 14.3 Å². The molecule has 1 aromatic carbocycles. The Morgan fingerprint density at radius 1 is 1.12 bits per heavy atom. The summed E-state index contributed by atoms with van der Waals surface area (Å²) in [5, 5.41) is 0. The first-order valence-corrected chi connectivity index (χ1v) is 8.77. The molecule has 1 heterocycles. The lowest BCUT2D eigenvalue weighted by Crippen LogP contribution is -2.12. The zero-order valence-electron chi connectivity index (χ0n) is 14.3. The SMILES string of the molecule is COc1cc2c(cc1OC1CCCC1)C(=O)/C(=C/c1ccncc1)C2. The van der Waals surface area contributed by atoms with Crippen molar-refractivity contribution in [2.75, 3.05) is 7.11 Å². The van der Waals surface area contributed by atoms with E-state index in [0.717, 1.165) is 35.1 Å². The topological polar surface area (TPSA) is 48.4 Å². The Balaban J connectivity index is 1.65. The van der Waals surface area contributed by atoms with Crippen LogP contribution in [-0.4, -0.2) is 24.0 Å². The summed E-state index contributed by atoms with van der Waals surface area (Å²) >= 11 is 0. The van der Waals surface area contributed by atoms with Gasteiger partial charge in [0.1, 0.15) is 0 Å². The van der Waals surface area contributed by atoms with E-state index in [1.807, 2.05) is 30.3 Å². The highest BCUT2D eigenvalue weighted by molar-refractivity contribution is 6.15. The number of ether oxygens (including phenoxy) is 2. The van der Waals surface area contributed by atoms with Crippen molar-refractivity contribution in [1.82, 2.24) is 4.98 Å². The zero-order chi connectivity index (χ0) is 17.2. The summed E-state index contributed by atoms with van der Waals surface area (Å²) < 4.78 is 11.6. The zero-order valence-corrected chi connectivity index (χ0v) is 14.3. The molecule has 0 unspecified atom stereocenters. The summed E-state index contributed by atoms with van der Waals surface area (Å²) in [7, 11) is 1.65. The number of pyridine rings is 1. The Labute approximate surface area is 147 Å². The van der Waals surface area contributed by atoms with Gasteiger partial charge in [0.15, 0.2) is 17.3 Å². The largest absolute Gasteiger partial charge is 0.493 e. The molecule has 25 heavy (non-hydrogen) atoms. The summed E-state index contributed by atoms with van der Waals surface area (Å²) in [6, 6.07) is 7.62. The maximum absolute atomic E-state index is 12.8. The molecule has 0 amide bonds. The molecule has 0 bridgehead atoms. The smallest absolute Gasteiger partial charge is 0.189 e. The molecule has 2 aliphatic rings. The first-order valence-electron chi connectivity index (χ1n) is 8.77. The molecule has 1 aromatic heterocycles. The molecule has 0 spiro atoms. The lowest BCUT2D eigenvalue weighted by Gasteiger charge is -2.16. The van der Waals surface area contributed by atoms with Crippen molar-refractivity contribution in [3.05, 3.63) is 58.9 Å². The van der Waals surface area contributed by atoms with Crippen LogP contribution >= 0.6 is 0 Å². The molecular weight excluding hydrogens is 314 g/mol. The summed E-state index contributed by atoms with van der Waals surface area (Å²) in [5.41, 5.74) is 3.51. The van der Waals surface area contributed by atoms with Crippen molar-refractivity contribution >= 4 is 11.9 Å². The fraction of sp³-hybridized carbons (Fsp3) is 0.333. The quantitative estimate of drug-likeness (QED) is 0.784. The van der Waals surface area contributed by atoms with E-state index in [4.69, 9.17) is 9.47 Å². The first-order chi connectivity index (χ1) is 12.2. The molecule has 1 fully saturated rings. The average molecular weight is 335 g/mol. The molecule has 2 aromatic rings. The van der Waals surface area contributed by atoms with Crippen LogP contribution in [0.15, 0.2) is 42.2 Å². The maximum Gasteiger partial charge on any atom is 0.189 e. The number of Topliss-reactive ketones (excluding diaryl/α,β-unsaturated/α-hetero) is 1. The van der Waals surface area contributed by atoms with Gasteiger partial charge in [-0.1, -0.05) is 0 Å². The van der Waals surface area contributed by atoms with E-state index in [9.17, 15) is 4.79 Å². The van der Waals surface area contributed by atoms with Crippen molar-refractivity contribution in [3.8, 4) is 11.5 Å². The van der Waals surface area contributed by atoms with Gasteiger partial charge in [-0.15, -0.1) is 0 Å². The van der Waals surface area contributed by atoms with Crippen molar-refractivity contribution in [1.29, 1.82) is 0 Å². The molecule has 128 valence electrons. The number of ketones is 1. The van der Waals surface area contributed by atoms with E-state index < -0.39 is 0 Å². The number of benzene rings is 1. The van der Waals surface area contributed by atoms with Gasteiger partial charge in [0.2, 0.25) is 0 Å². The number of methoxy groups -OCH3 is 1. The van der Waals surface area contributed by atoms with Crippen LogP contribution in [0.25, 0.3) is 6.08 Å². The molecule has 4 rings (SSSR count). The third kappa shape index (κ3) is 3.16. The van der Waals surface area contributed by atoms with E-state index in [1.54, 1.807) is 19.5 Å². The Hall–Kier alpha value is -2.62. The summed E-state index contributed by atoms with van der Waals surface area (Å²) in [5.74, 6) is 1.47. The molecule has 0 N–H and O–H groups in total. The van der Waals surface area contributed by atoms with Crippen molar-refractivity contribution in [2.45, 2.75) is 38.2 Å². The highest BCUT2D eigenvalue weighted by Crippen LogP contribution is 2.38. The molecule has 0 atom stereocenters. The molecule has 4 nitrogen and oxygen atoms in total. The second-order valence-corrected chi connectivity index (χ2v) is 6.64. The van der Waals surface area contributed by atoms with Crippen molar-refractivity contribution in [3.63, 3.8) is 0 Å². The molecule has 0 saturated heterocycles. The lowest BCUT2D eigenvalue weighted by atomic mass is 10.1. The van der Waals surface area contributed by atoms with Crippen LogP contribution in [0.4, 0.5) is 0 Å². The van der Waals surface area contributed by atoms with Crippen molar-refractivity contribution in [2.24, 2.45) is 0 Å². The van der Waals surface area contributed by atoms with Crippen LogP contribution in [0.1, 0.15) is 47.2 Å². The second kappa shape index (κ2) is 6.71. The van der Waals surface area contributed by atoms with Crippen LogP contribution in [0.2, 0.25) is 0 Å². The minimum absolute atomic E-state index is 0.0748. The fourth-order valence-corrected chi connectivity index (χ4v) is 3.63. The first kappa shape index (κ1) is 15.9. The minimum Gasteiger partial charge on any atom is -0.493 e. The molecule has 0 radical (unpaired) electrons. The van der Waals surface area contributed by atoms with E-state index in [0.29, 0.717) is 17.9 Å². The number of hydrogen-bond acceptors (Lipinski definition) is 4. The number of rotatable bonds is 4. The van der Waals surface area contributed by atoms with Gasteiger partial charge in [-0.05, 0) is 67.2 Å². The third-order valence-electron chi connectivity index (χ3n) is 4.95. The van der Waals surface area contributed by atoms with Gasteiger partial charge in [-0.2, -0.15) is 0 Å². The van der Waals surface area contributed by atoms with Gasteiger partial charge >= 0.3 is 0 Å². The normalized spacial score (nSPS) is 18.6. The van der Waals surface area contributed by atoms with E-state index >= 15 is 0 Å². The lowest BCUT2D eigenvalue weighted by molar-refractivity contribution is 0.103. The summed E-state index contributed by atoms with van der Waals surface area (Å²) in [4.78, 5) is 16.8. The van der Waals surface area contributed by atoms with Crippen LogP contribution < -0.4 is 9.47 Å². The summed E-state index contributed by atoms with van der Waals surface area (Å²) in [6.07, 6.45) is 10.8. The van der Waals surface area contributed by atoms with Gasteiger partial charge in [-0.3, -0.25) is 9.78 Å². The van der Waals surface area contributed by atoms with Gasteiger partial charge in [0, 0.05) is 30.0 Å². The van der Waals surface area contributed by atoms with E-state index in [-0.39, 0.29) is 11.9 Å². The predicted molar refractivity (Wildman–Crippen MR) is 96.1 cm³/mol. The fourth-order valence-electron chi connectivity index (χ4n) is 3.63. The monoisotopic (exact) mass is 335 g/mol. The van der Waals surface area contributed by atoms with Gasteiger partial charge in [-0.25, -0.2) is 0 Å². The van der Waals surface area contributed by atoms with Gasteiger partial charge < -0.3 is 9.47 Å². The predicted octanol–water partition coefficient (Wildman–Crippen LogP) is 4.23. The number of aromatic nitrogens is 1. The molecule has 4 heteroatoms. The summed E-state index contributed by atoms with van der Waals surface area (Å²) in [6.45, 7) is 0. The highest BCUT2D eigenvalue weighted by atomic mass is 16.5. The maximum atomic E-state index is 12.8. The number of fused-ring (bicyclic) bond motifs is 1. The Morgan fingerprint density at radius 3 is 2.60 bits per heavy atom. The Kier molecular flexibility index (Phi) is 4.26. The standard InChI is InChI=1S/C21H21NO3/c1-24-19-12-15-11-16(10-14-6-8-22-9-7-14)21(23)18(15)13-20(19)25-17-4-2-3-5-17/h6-10,12-13,17H,2-5,11H2,1H3/b16-10+. The third-order valence-corrected chi connectivity index (χ3v) is 4.95. The van der Waals surface area contributed by atoms with Gasteiger partial charge in [0.05, 0.1) is 13.2 Å².